The van der Waals surface area contributed by atoms with Crippen LogP contribution in [0.25, 0.3) is 0 Å². The van der Waals surface area contributed by atoms with Gasteiger partial charge in [0, 0.05) is 5.56 Å². The molecule has 1 saturated carbocycles. The van der Waals surface area contributed by atoms with Gasteiger partial charge in [-0.3, -0.25) is 4.79 Å². The maximum atomic E-state index is 11.9. The van der Waals surface area contributed by atoms with Gasteiger partial charge in [0.1, 0.15) is 5.75 Å². The predicted octanol–water partition coefficient (Wildman–Crippen LogP) is 4.02. The summed E-state index contributed by atoms with van der Waals surface area (Å²) in [6.07, 6.45) is 3.43. The Labute approximate surface area is 121 Å². The summed E-state index contributed by atoms with van der Waals surface area (Å²) >= 11 is 0. The van der Waals surface area contributed by atoms with Crippen LogP contribution < -0.4 is 4.74 Å². The molecule has 0 atom stereocenters. The second-order valence-corrected chi connectivity index (χ2v) is 6.13. The second-order valence-electron chi connectivity index (χ2n) is 6.13. The highest BCUT2D eigenvalue weighted by molar-refractivity contribution is 5.83. The number of hydrogen-bond donors (Lipinski definition) is 1. The van der Waals surface area contributed by atoms with Crippen molar-refractivity contribution in [1.29, 1.82) is 0 Å². The molecule has 1 fully saturated rings. The minimum atomic E-state index is -0.722. The Morgan fingerprint density at radius 3 is 2.35 bits per heavy atom. The molecule has 0 radical (unpaired) electrons. The van der Waals surface area contributed by atoms with Gasteiger partial charge >= 0.3 is 5.97 Å². The Balaban J connectivity index is 2.70. The van der Waals surface area contributed by atoms with Crippen molar-refractivity contribution >= 4 is 5.97 Å². The summed E-state index contributed by atoms with van der Waals surface area (Å²) in [5.41, 5.74) is 2.37. The van der Waals surface area contributed by atoms with Crippen molar-refractivity contribution in [3.05, 3.63) is 28.8 Å². The predicted molar refractivity (Wildman–Crippen MR) is 79.6 cm³/mol. The lowest BCUT2D eigenvalue weighted by atomic mass is 9.74. The van der Waals surface area contributed by atoms with Gasteiger partial charge in [-0.15, -0.1) is 0 Å². The van der Waals surface area contributed by atoms with Crippen LogP contribution >= 0.6 is 0 Å². The first-order valence-corrected chi connectivity index (χ1v) is 7.35. The number of rotatable bonds is 4. The van der Waals surface area contributed by atoms with Crippen LogP contribution in [0.4, 0.5) is 0 Å². The lowest BCUT2D eigenvalue weighted by molar-refractivity contribution is -0.143. The number of aryl methyl sites for hydroxylation is 1. The largest absolute Gasteiger partial charge is 0.496 e. The van der Waals surface area contributed by atoms with Gasteiger partial charge in [-0.25, -0.2) is 0 Å². The lowest BCUT2D eigenvalue weighted by Gasteiger charge is -2.30. The topological polar surface area (TPSA) is 46.5 Å². The van der Waals surface area contributed by atoms with Crippen LogP contribution in [-0.4, -0.2) is 18.2 Å². The van der Waals surface area contributed by atoms with Gasteiger partial charge < -0.3 is 9.84 Å². The zero-order valence-electron chi connectivity index (χ0n) is 12.8. The van der Waals surface area contributed by atoms with Crippen LogP contribution in [0.1, 0.15) is 62.1 Å². The Hall–Kier alpha value is -1.51. The number of carboxylic acid groups (broad SMARTS) is 1. The molecule has 2 rings (SSSR count). The van der Waals surface area contributed by atoms with Crippen LogP contribution in [0.5, 0.6) is 5.75 Å². The SMILES string of the molecule is COc1c(C)ccc(C2(C(=O)O)CCCC2)c1C(C)C. The van der Waals surface area contributed by atoms with Gasteiger partial charge in [-0.1, -0.05) is 38.8 Å². The monoisotopic (exact) mass is 276 g/mol. The smallest absolute Gasteiger partial charge is 0.314 e. The van der Waals surface area contributed by atoms with Gasteiger partial charge in [0.2, 0.25) is 0 Å². The summed E-state index contributed by atoms with van der Waals surface area (Å²) in [5.74, 6) is 0.407. The molecule has 0 amide bonds. The van der Waals surface area contributed by atoms with E-state index < -0.39 is 11.4 Å². The van der Waals surface area contributed by atoms with Crippen molar-refractivity contribution in [1.82, 2.24) is 0 Å². The fraction of sp³-hybridized carbons (Fsp3) is 0.588. The molecule has 0 spiro atoms. The summed E-state index contributed by atoms with van der Waals surface area (Å²) in [6, 6.07) is 4.00. The third-order valence-electron chi connectivity index (χ3n) is 4.56. The Morgan fingerprint density at radius 1 is 1.30 bits per heavy atom. The minimum absolute atomic E-state index is 0.247. The molecule has 20 heavy (non-hydrogen) atoms. The average Bonchev–Trinajstić information content (AvgIpc) is 2.88. The molecule has 1 aliphatic rings. The van der Waals surface area contributed by atoms with Crippen LogP contribution in [0.15, 0.2) is 12.1 Å². The Kier molecular flexibility index (Phi) is 4.07. The highest BCUT2D eigenvalue weighted by Crippen LogP contribution is 2.47. The van der Waals surface area contributed by atoms with Crippen molar-refractivity contribution < 1.29 is 14.6 Å². The fourth-order valence-corrected chi connectivity index (χ4v) is 3.55. The number of aliphatic carboxylic acids is 1. The normalized spacial score (nSPS) is 17.4. The first-order chi connectivity index (χ1) is 9.44. The molecule has 1 N–H and O–H groups in total. The second kappa shape index (κ2) is 5.47. The lowest BCUT2D eigenvalue weighted by Crippen LogP contribution is -2.34. The van der Waals surface area contributed by atoms with Gasteiger partial charge in [0.15, 0.2) is 0 Å². The van der Waals surface area contributed by atoms with E-state index in [1.54, 1.807) is 7.11 Å². The number of methoxy groups -OCH3 is 1. The molecular formula is C17H24O3. The van der Waals surface area contributed by atoms with Crippen LogP contribution in [-0.2, 0) is 10.2 Å². The number of carbonyl (C=O) groups is 1. The van der Waals surface area contributed by atoms with Crippen LogP contribution in [0.2, 0.25) is 0 Å². The molecule has 1 aliphatic carbocycles. The molecule has 1 aromatic rings. The first kappa shape index (κ1) is 14.9. The zero-order chi connectivity index (χ0) is 14.9. The summed E-state index contributed by atoms with van der Waals surface area (Å²) in [6.45, 7) is 6.22. The van der Waals surface area contributed by atoms with E-state index in [2.05, 4.69) is 13.8 Å². The third kappa shape index (κ3) is 2.19. The van der Waals surface area contributed by atoms with E-state index in [1.807, 2.05) is 19.1 Å². The summed E-state index contributed by atoms with van der Waals surface area (Å²) in [4.78, 5) is 11.9. The van der Waals surface area contributed by atoms with Gasteiger partial charge in [-0.05, 0) is 36.8 Å². The van der Waals surface area contributed by atoms with Crippen molar-refractivity contribution in [3.8, 4) is 5.75 Å². The summed E-state index contributed by atoms with van der Waals surface area (Å²) in [5, 5.41) is 9.82. The van der Waals surface area contributed by atoms with Crippen molar-refractivity contribution in [3.63, 3.8) is 0 Å². The number of carboxylic acids is 1. The third-order valence-corrected chi connectivity index (χ3v) is 4.56. The molecule has 0 aromatic heterocycles. The molecule has 0 aliphatic heterocycles. The van der Waals surface area contributed by atoms with Crippen molar-refractivity contribution in [2.75, 3.05) is 7.11 Å². The van der Waals surface area contributed by atoms with E-state index in [4.69, 9.17) is 4.74 Å². The molecule has 0 saturated heterocycles. The number of ether oxygens (including phenoxy) is 1. The van der Waals surface area contributed by atoms with E-state index in [0.29, 0.717) is 0 Å². The van der Waals surface area contributed by atoms with E-state index in [0.717, 1.165) is 48.1 Å². The summed E-state index contributed by atoms with van der Waals surface area (Å²) < 4.78 is 5.57. The zero-order valence-corrected chi connectivity index (χ0v) is 12.8. The highest BCUT2D eigenvalue weighted by atomic mass is 16.5. The molecule has 3 nitrogen and oxygen atoms in total. The van der Waals surface area contributed by atoms with Gasteiger partial charge in [-0.2, -0.15) is 0 Å². The average molecular weight is 276 g/mol. The van der Waals surface area contributed by atoms with E-state index in [9.17, 15) is 9.90 Å². The first-order valence-electron chi connectivity index (χ1n) is 7.35. The van der Waals surface area contributed by atoms with Gasteiger partial charge in [0.05, 0.1) is 12.5 Å². The molecule has 0 bridgehead atoms. The van der Waals surface area contributed by atoms with E-state index in [-0.39, 0.29) is 5.92 Å². The minimum Gasteiger partial charge on any atom is -0.496 e. The molecule has 3 heteroatoms. The molecule has 0 unspecified atom stereocenters. The summed E-state index contributed by atoms with van der Waals surface area (Å²) in [7, 11) is 1.67. The van der Waals surface area contributed by atoms with E-state index >= 15 is 0 Å². The Bertz CT molecular complexity index is 511. The molecular weight excluding hydrogens is 252 g/mol. The van der Waals surface area contributed by atoms with Gasteiger partial charge in [0.25, 0.3) is 0 Å². The maximum absolute atomic E-state index is 11.9. The van der Waals surface area contributed by atoms with Crippen molar-refractivity contribution in [2.45, 2.75) is 57.8 Å². The molecule has 110 valence electrons. The van der Waals surface area contributed by atoms with Crippen LogP contribution in [0, 0.1) is 6.92 Å². The van der Waals surface area contributed by atoms with Crippen LogP contribution in [0.3, 0.4) is 0 Å². The highest BCUT2D eigenvalue weighted by Gasteiger charge is 2.45. The Morgan fingerprint density at radius 2 is 1.90 bits per heavy atom. The van der Waals surface area contributed by atoms with E-state index in [1.165, 1.54) is 0 Å². The standard InChI is InChI=1S/C17H24O3/c1-11(2)14-13(8-7-12(3)15(14)20-4)17(16(18)19)9-5-6-10-17/h7-8,11H,5-6,9-10H2,1-4H3,(H,18,19). The molecule has 0 heterocycles. The fourth-order valence-electron chi connectivity index (χ4n) is 3.55. The quantitative estimate of drug-likeness (QED) is 0.903. The van der Waals surface area contributed by atoms with Crippen molar-refractivity contribution in [2.24, 2.45) is 0 Å². The maximum Gasteiger partial charge on any atom is 0.314 e. The number of hydrogen-bond acceptors (Lipinski definition) is 2. The molecule has 1 aromatic carbocycles. The number of benzene rings is 1.